The summed E-state index contributed by atoms with van der Waals surface area (Å²) in [5.41, 5.74) is 11.7. The molecule has 3 aromatic rings. The smallest absolute Gasteiger partial charge is 0.237 e. The molecule has 0 bridgehead atoms. The number of benzene rings is 1. The summed E-state index contributed by atoms with van der Waals surface area (Å²) in [6.45, 7) is 5.60. The molecular formula is C27H23N3O2. The fraction of sp³-hybridized carbons (Fsp3) is 0.222. The number of allylic oxidation sites excluding steroid dienone is 3. The van der Waals surface area contributed by atoms with E-state index in [9.17, 15) is 4.79 Å². The summed E-state index contributed by atoms with van der Waals surface area (Å²) in [6, 6.07) is 8.39. The number of Topliss-reactive ketones (excluding diaryl/α,β-unsaturated/α-hetero) is 1. The third kappa shape index (κ3) is 2.96. The Morgan fingerprint density at radius 3 is 2.84 bits per heavy atom. The fourth-order valence-corrected chi connectivity index (χ4v) is 4.98. The van der Waals surface area contributed by atoms with Crippen LogP contribution in [0.15, 0.2) is 48.3 Å². The van der Waals surface area contributed by atoms with E-state index in [1.807, 2.05) is 18.5 Å². The van der Waals surface area contributed by atoms with Gasteiger partial charge in [-0.3, -0.25) is 9.78 Å². The molecule has 0 atom stereocenters. The maximum atomic E-state index is 13.0. The number of carbonyl (C=O) groups is 1. The van der Waals surface area contributed by atoms with Crippen LogP contribution in [-0.4, -0.2) is 28.9 Å². The summed E-state index contributed by atoms with van der Waals surface area (Å²) in [7, 11) is 0. The molecule has 0 spiro atoms. The molecule has 1 N–H and O–H groups in total. The Balaban J connectivity index is 1.44. The normalized spacial score (nSPS) is 17.4. The van der Waals surface area contributed by atoms with Crippen LogP contribution in [0, 0.1) is 13.8 Å². The van der Waals surface area contributed by atoms with Crippen LogP contribution in [0.3, 0.4) is 0 Å². The lowest BCUT2D eigenvalue weighted by atomic mass is 9.92. The number of carbonyl (C=O) groups excluding carboxylic acids is 1. The Morgan fingerprint density at radius 1 is 1.06 bits per heavy atom. The molecule has 3 aliphatic rings. The Morgan fingerprint density at radius 2 is 1.97 bits per heavy atom. The molecular weight excluding hydrogens is 398 g/mol. The fourth-order valence-electron chi connectivity index (χ4n) is 4.98. The second kappa shape index (κ2) is 7.16. The van der Waals surface area contributed by atoms with Gasteiger partial charge < -0.3 is 10.1 Å². The van der Waals surface area contributed by atoms with Gasteiger partial charge in [-0.2, -0.15) is 0 Å². The number of ketones is 1. The number of hydrogen-bond acceptors (Lipinski definition) is 5. The van der Waals surface area contributed by atoms with Gasteiger partial charge in [0.1, 0.15) is 12.3 Å². The Hall–Kier alpha value is -3.73. The van der Waals surface area contributed by atoms with Crippen molar-refractivity contribution in [1.29, 1.82) is 0 Å². The van der Waals surface area contributed by atoms with Gasteiger partial charge in [0, 0.05) is 36.5 Å². The Bertz CT molecular complexity index is 1370. The first-order valence-electron chi connectivity index (χ1n) is 11.0. The maximum Gasteiger partial charge on any atom is 0.237 e. The van der Waals surface area contributed by atoms with Crippen LogP contribution in [0.25, 0.3) is 22.8 Å². The van der Waals surface area contributed by atoms with Crippen molar-refractivity contribution in [3.8, 4) is 17.0 Å². The minimum Gasteiger partial charge on any atom is -0.474 e. The molecule has 2 aliphatic carbocycles. The van der Waals surface area contributed by atoms with Crippen molar-refractivity contribution >= 4 is 23.1 Å². The number of nitrogens with zero attached hydrogens (tertiary/aromatic N) is 2. The molecule has 5 nitrogen and oxygen atoms in total. The van der Waals surface area contributed by atoms with Gasteiger partial charge >= 0.3 is 0 Å². The first-order chi connectivity index (χ1) is 15.6. The summed E-state index contributed by atoms with van der Waals surface area (Å²) in [4.78, 5) is 22.0. The molecule has 0 amide bonds. The van der Waals surface area contributed by atoms with Crippen molar-refractivity contribution in [2.75, 3.05) is 18.5 Å². The van der Waals surface area contributed by atoms with E-state index in [1.54, 1.807) is 0 Å². The van der Waals surface area contributed by atoms with Gasteiger partial charge in [0.05, 0.1) is 5.69 Å². The van der Waals surface area contributed by atoms with E-state index in [0.717, 1.165) is 68.9 Å². The van der Waals surface area contributed by atoms with E-state index in [4.69, 9.17) is 4.74 Å². The van der Waals surface area contributed by atoms with Crippen molar-refractivity contribution in [3.63, 3.8) is 0 Å². The summed E-state index contributed by atoms with van der Waals surface area (Å²) in [6.07, 6.45) is 9.11. The van der Waals surface area contributed by atoms with Crippen molar-refractivity contribution in [2.45, 2.75) is 26.7 Å². The summed E-state index contributed by atoms with van der Waals surface area (Å²) in [5.74, 6) is 0.838. The first-order valence-corrected chi connectivity index (χ1v) is 11.0. The minimum atomic E-state index is 0.178. The highest BCUT2D eigenvalue weighted by Crippen LogP contribution is 2.40. The number of aryl methyl sites for hydroxylation is 1. The summed E-state index contributed by atoms with van der Waals surface area (Å²) >= 11 is 0. The topological polar surface area (TPSA) is 64.1 Å². The maximum absolute atomic E-state index is 13.0. The van der Waals surface area contributed by atoms with Crippen LogP contribution in [0.5, 0.6) is 5.88 Å². The van der Waals surface area contributed by atoms with Gasteiger partial charge in [-0.15, -0.1) is 0 Å². The molecule has 1 aliphatic heterocycles. The summed E-state index contributed by atoms with van der Waals surface area (Å²) in [5, 5.41) is 3.42. The number of ether oxygens (including phenoxy) is 1. The second-order valence-corrected chi connectivity index (χ2v) is 8.68. The first kappa shape index (κ1) is 19.0. The number of pyridine rings is 2. The average molecular weight is 422 g/mol. The number of rotatable bonds is 2. The van der Waals surface area contributed by atoms with Crippen molar-refractivity contribution in [2.24, 2.45) is 0 Å². The molecule has 0 saturated heterocycles. The number of fused-ring (bicyclic) bond motifs is 3. The molecule has 6 rings (SSSR count). The molecule has 0 saturated carbocycles. The predicted molar refractivity (Wildman–Crippen MR) is 126 cm³/mol. The number of nitrogens with one attached hydrogen (secondary N) is 1. The van der Waals surface area contributed by atoms with Crippen LogP contribution in [0.4, 0.5) is 5.69 Å². The summed E-state index contributed by atoms with van der Waals surface area (Å²) < 4.78 is 5.69. The van der Waals surface area contributed by atoms with Gasteiger partial charge in [0.15, 0.2) is 5.78 Å². The lowest BCUT2D eigenvalue weighted by molar-refractivity contribution is -0.112. The van der Waals surface area contributed by atoms with Gasteiger partial charge in [-0.05, 0) is 83.5 Å². The Kier molecular flexibility index (Phi) is 4.25. The van der Waals surface area contributed by atoms with Gasteiger partial charge in [-0.25, -0.2) is 4.98 Å². The van der Waals surface area contributed by atoms with Gasteiger partial charge in [0.2, 0.25) is 5.88 Å². The largest absolute Gasteiger partial charge is 0.474 e. The number of aromatic nitrogens is 2. The highest BCUT2D eigenvalue weighted by molar-refractivity contribution is 6.26. The van der Waals surface area contributed by atoms with E-state index in [1.165, 1.54) is 5.56 Å². The lowest BCUT2D eigenvalue weighted by Crippen LogP contribution is -2.20. The number of anilines is 1. The average Bonchev–Trinajstić information content (AvgIpc) is 3.34. The predicted octanol–water partition coefficient (Wildman–Crippen LogP) is 4.71. The zero-order valence-electron chi connectivity index (χ0n) is 18.2. The van der Waals surface area contributed by atoms with Crippen LogP contribution < -0.4 is 10.1 Å². The van der Waals surface area contributed by atoms with E-state index >= 15 is 0 Å². The van der Waals surface area contributed by atoms with Crippen LogP contribution in [-0.2, 0) is 17.6 Å². The molecule has 0 radical (unpaired) electrons. The van der Waals surface area contributed by atoms with E-state index in [-0.39, 0.29) is 5.78 Å². The van der Waals surface area contributed by atoms with Gasteiger partial charge in [-0.1, -0.05) is 12.1 Å². The zero-order valence-corrected chi connectivity index (χ0v) is 18.2. The highest BCUT2D eigenvalue weighted by atomic mass is 16.5. The molecule has 5 heteroatoms. The zero-order chi connectivity index (χ0) is 21.8. The minimum absolute atomic E-state index is 0.178. The third-order valence-electron chi connectivity index (χ3n) is 6.60. The van der Waals surface area contributed by atoms with E-state index < -0.39 is 0 Å². The molecule has 3 heterocycles. The molecule has 32 heavy (non-hydrogen) atoms. The highest BCUT2D eigenvalue weighted by Gasteiger charge is 2.27. The van der Waals surface area contributed by atoms with Crippen LogP contribution in [0.1, 0.15) is 33.5 Å². The third-order valence-corrected chi connectivity index (χ3v) is 6.60. The van der Waals surface area contributed by atoms with Crippen molar-refractivity contribution in [3.05, 3.63) is 81.8 Å². The quantitative estimate of drug-likeness (QED) is 0.607. The molecule has 0 fully saturated rings. The lowest BCUT2D eigenvalue weighted by Gasteiger charge is -2.22. The molecule has 2 aromatic heterocycles. The van der Waals surface area contributed by atoms with E-state index in [0.29, 0.717) is 18.9 Å². The molecule has 1 aromatic carbocycles. The van der Waals surface area contributed by atoms with Crippen LogP contribution in [0.2, 0.25) is 0 Å². The SMILES string of the molecule is Cc1cc2c(cc1-c1cnc3c(c1C)NCCO3)/C(=C/C1=Cc3ncccc3C1)C(=O)C2. The standard InChI is InChI=1S/C27H23N3O2/c1-15-8-19-12-25(31)22(10-17-9-18-4-3-5-28-24(18)11-17)21(19)13-20(15)23-14-30-27-26(16(23)2)29-6-7-32-27/h3-5,8,10-11,13-14,29H,6-7,9,12H2,1-2H3/b22-10-. The molecule has 158 valence electrons. The van der Waals surface area contributed by atoms with Crippen molar-refractivity contribution in [1.82, 2.24) is 9.97 Å². The van der Waals surface area contributed by atoms with Gasteiger partial charge in [0.25, 0.3) is 0 Å². The monoisotopic (exact) mass is 421 g/mol. The Labute approximate surface area is 186 Å². The van der Waals surface area contributed by atoms with Crippen LogP contribution >= 0.6 is 0 Å². The molecule has 0 unspecified atom stereocenters. The van der Waals surface area contributed by atoms with E-state index in [2.05, 4.69) is 59.5 Å². The number of hydrogen-bond donors (Lipinski definition) is 1. The van der Waals surface area contributed by atoms with Crippen molar-refractivity contribution < 1.29 is 9.53 Å². The second-order valence-electron chi connectivity index (χ2n) is 8.68.